The van der Waals surface area contributed by atoms with Crippen LogP contribution >= 0.6 is 11.6 Å². The molecule has 0 radical (unpaired) electrons. The first-order valence-corrected chi connectivity index (χ1v) is 9.92. The maximum Gasteiger partial charge on any atom is 0.260 e. The van der Waals surface area contributed by atoms with E-state index in [1.54, 1.807) is 60.7 Å². The molecule has 154 valence electrons. The topological polar surface area (TPSA) is 49.8 Å². The summed E-state index contributed by atoms with van der Waals surface area (Å²) in [7, 11) is 1.40. The minimum Gasteiger partial charge on any atom is -0.377 e. The number of carbonyl (C=O) groups excluding carboxylic acids is 1. The third kappa shape index (κ3) is 3.39. The Balaban J connectivity index is 1.91. The first-order valence-electron chi connectivity index (χ1n) is 9.55. The van der Waals surface area contributed by atoms with Crippen LogP contribution in [0.5, 0.6) is 0 Å². The molecule has 6 heteroatoms. The first-order chi connectivity index (χ1) is 14.5. The van der Waals surface area contributed by atoms with Gasteiger partial charge in [0, 0.05) is 17.7 Å². The number of rotatable bonds is 5. The van der Waals surface area contributed by atoms with Crippen molar-refractivity contribution < 1.29 is 19.0 Å². The van der Waals surface area contributed by atoms with E-state index in [1.807, 2.05) is 12.1 Å². The molecule has 1 amide bonds. The fourth-order valence-electron chi connectivity index (χ4n) is 4.04. The largest absolute Gasteiger partial charge is 0.377 e. The van der Waals surface area contributed by atoms with Crippen molar-refractivity contribution >= 4 is 23.2 Å². The number of nitrogens with zero attached hydrogens (tertiary/aromatic N) is 1. The van der Waals surface area contributed by atoms with Crippen molar-refractivity contribution in [1.82, 2.24) is 0 Å². The Morgan fingerprint density at radius 2 is 1.83 bits per heavy atom. The molecule has 4 nitrogen and oxygen atoms in total. The number of hydrogen-bond donors (Lipinski definition) is 1. The highest BCUT2D eigenvalue weighted by molar-refractivity contribution is 6.30. The Hall–Kier alpha value is -2.73. The van der Waals surface area contributed by atoms with Crippen LogP contribution in [0, 0.1) is 0 Å². The Morgan fingerprint density at radius 1 is 1.07 bits per heavy atom. The summed E-state index contributed by atoms with van der Waals surface area (Å²) in [5.41, 5.74) is 0.995. The summed E-state index contributed by atoms with van der Waals surface area (Å²) in [5.74, 6) is -0.410. The molecule has 0 aliphatic carbocycles. The molecule has 1 heterocycles. The van der Waals surface area contributed by atoms with Crippen molar-refractivity contribution in [3.05, 3.63) is 100 Å². The Morgan fingerprint density at radius 3 is 2.50 bits per heavy atom. The number of halogens is 2. The number of aliphatic hydroxyl groups is 1. The fraction of sp³-hybridized carbons (Fsp3) is 0.208. The molecule has 1 aliphatic heterocycles. The van der Waals surface area contributed by atoms with Gasteiger partial charge in [-0.25, -0.2) is 4.39 Å². The Labute approximate surface area is 179 Å². The van der Waals surface area contributed by atoms with Gasteiger partial charge in [0.05, 0.1) is 12.2 Å². The molecular weight excluding hydrogens is 405 g/mol. The van der Waals surface area contributed by atoms with E-state index >= 15 is 0 Å². The van der Waals surface area contributed by atoms with Crippen molar-refractivity contribution in [2.45, 2.75) is 24.9 Å². The van der Waals surface area contributed by atoms with Gasteiger partial charge >= 0.3 is 0 Å². The smallest absolute Gasteiger partial charge is 0.260 e. The van der Waals surface area contributed by atoms with Gasteiger partial charge in [0.15, 0.2) is 11.7 Å². The van der Waals surface area contributed by atoms with Crippen LogP contribution in [0.2, 0.25) is 5.02 Å². The number of benzene rings is 3. The molecular formula is C24H21ClFNO3. The van der Waals surface area contributed by atoms with Crippen LogP contribution in [0.4, 0.5) is 10.1 Å². The van der Waals surface area contributed by atoms with Crippen molar-refractivity contribution in [3.63, 3.8) is 0 Å². The number of carbonyl (C=O) groups is 1. The highest BCUT2D eigenvalue weighted by Gasteiger charge is 2.52. The van der Waals surface area contributed by atoms with Gasteiger partial charge in [-0.15, -0.1) is 0 Å². The molecule has 2 atom stereocenters. The third-order valence-corrected chi connectivity index (χ3v) is 5.70. The zero-order valence-electron chi connectivity index (χ0n) is 16.4. The van der Waals surface area contributed by atoms with Crippen LogP contribution in [0.3, 0.4) is 0 Å². The summed E-state index contributed by atoms with van der Waals surface area (Å²) in [4.78, 5) is 15.0. The lowest BCUT2D eigenvalue weighted by Gasteiger charge is -2.44. The number of hydrogen-bond acceptors (Lipinski definition) is 3. The molecule has 0 bridgehead atoms. The van der Waals surface area contributed by atoms with Crippen LogP contribution in [-0.4, -0.2) is 24.2 Å². The molecule has 1 aliphatic rings. The minimum absolute atomic E-state index is 0.215. The number of amides is 1. The standard InChI is InChI=1S/C24H21ClFNO3/c1-30-22-23(28)27(15-17-6-5-9-19(25)12-17)21-13-16(14-26)10-11-20(21)24(22,29)18-7-3-2-4-8-18/h2-13,22,29H,14-15H2,1H3. The molecule has 4 rings (SSSR count). The maximum absolute atomic E-state index is 13.5. The van der Waals surface area contributed by atoms with Gasteiger partial charge in [-0.3, -0.25) is 4.79 Å². The van der Waals surface area contributed by atoms with Gasteiger partial charge in [-0.2, -0.15) is 0 Å². The molecule has 3 aromatic carbocycles. The van der Waals surface area contributed by atoms with Crippen LogP contribution in [-0.2, 0) is 28.4 Å². The molecule has 0 saturated carbocycles. The van der Waals surface area contributed by atoms with Gasteiger partial charge in [0.1, 0.15) is 6.67 Å². The van der Waals surface area contributed by atoms with Crippen molar-refractivity contribution in [3.8, 4) is 0 Å². The summed E-state index contributed by atoms with van der Waals surface area (Å²) in [5, 5.41) is 12.4. The zero-order chi connectivity index (χ0) is 21.3. The molecule has 0 saturated heterocycles. The Bertz CT molecular complexity index is 1080. The Kier molecular flexibility index (Phi) is 5.60. The first kappa shape index (κ1) is 20.5. The number of ether oxygens (including phenoxy) is 1. The molecule has 0 fully saturated rings. The van der Waals surface area contributed by atoms with Gasteiger partial charge in [-0.05, 0) is 34.9 Å². The molecule has 0 aromatic heterocycles. The van der Waals surface area contributed by atoms with E-state index in [0.29, 0.717) is 27.4 Å². The van der Waals surface area contributed by atoms with E-state index in [1.165, 1.54) is 12.0 Å². The number of fused-ring (bicyclic) bond motifs is 1. The third-order valence-electron chi connectivity index (χ3n) is 5.47. The number of methoxy groups -OCH3 is 1. The lowest BCUT2D eigenvalue weighted by atomic mass is 9.77. The van der Waals surface area contributed by atoms with Crippen LogP contribution in [0.25, 0.3) is 0 Å². The molecule has 30 heavy (non-hydrogen) atoms. The van der Waals surface area contributed by atoms with Crippen molar-refractivity contribution in [2.24, 2.45) is 0 Å². The summed E-state index contributed by atoms with van der Waals surface area (Å²) < 4.78 is 19.0. The quantitative estimate of drug-likeness (QED) is 0.649. The summed E-state index contributed by atoms with van der Waals surface area (Å²) in [6.07, 6.45) is -1.16. The highest BCUT2D eigenvalue weighted by atomic mass is 35.5. The monoisotopic (exact) mass is 425 g/mol. The van der Waals surface area contributed by atoms with Gasteiger partial charge in [0.25, 0.3) is 5.91 Å². The number of alkyl halides is 1. The average molecular weight is 426 g/mol. The molecule has 1 N–H and O–H groups in total. The van der Waals surface area contributed by atoms with E-state index in [2.05, 4.69) is 0 Å². The second kappa shape index (κ2) is 8.19. The average Bonchev–Trinajstić information content (AvgIpc) is 2.77. The SMILES string of the molecule is COC1C(=O)N(Cc2cccc(Cl)c2)c2cc(CF)ccc2C1(O)c1ccccc1. The maximum atomic E-state index is 13.5. The van der Waals surface area contributed by atoms with Crippen molar-refractivity contribution in [1.29, 1.82) is 0 Å². The van der Waals surface area contributed by atoms with Gasteiger partial charge < -0.3 is 14.7 Å². The zero-order valence-corrected chi connectivity index (χ0v) is 17.1. The summed E-state index contributed by atoms with van der Waals surface area (Å²) >= 11 is 6.11. The predicted molar refractivity (Wildman–Crippen MR) is 114 cm³/mol. The molecule has 0 spiro atoms. The number of anilines is 1. The fourth-order valence-corrected chi connectivity index (χ4v) is 4.25. The lowest BCUT2D eigenvalue weighted by molar-refractivity contribution is -0.145. The lowest BCUT2D eigenvalue weighted by Crippen LogP contribution is -2.57. The molecule has 2 unspecified atom stereocenters. The van der Waals surface area contributed by atoms with Crippen LogP contribution in [0.1, 0.15) is 22.3 Å². The van der Waals surface area contributed by atoms with E-state index in [9.17, 15) is 14.3 Å². The molecule has 3 aromatic rings. The van der Waals surface area contributed by atoms with Crippen LogP contribution < -0.4 is 4.90 Å². The normalized spacial score (nSPS) is 20.9. The summed E-state index contributed by atoms with van der Waals surface area (Å²) in [6, 6.07) is 21.0. The van der Waals surface area contributed by atoms with E-state index in [-0.39, 0.29) is 6.54 Å². The van der Waals surface area contributed by atoms with Crippen molar-refractivity contribution in [2.75, 3.05) is 12.0 Å². The van der Waals surface area contributed by atoms with E-state index in [4.69, 9.17) is 16.3 Å². The predicted octanol–water partition coefficient (Wildman–Crippen LogP) is 4.61. The second-order valence-corrected chi connectivity index (χ2v) is 7.72. The van der Waals surface area contributed by atoms with E-state index in [0.717, 1.165) is 5.56 Å². The van der Waals surface area contributed by atoms with E-state index < -0.39 is 24.3 Å². The van der Waals surface area contributed by atoms with Crippen LogP contribution in [0.15, 0.2) is 72.8 Å². The minimum atomic E-state index is -1.71. The second-order valence-electron chi connectivity index (χ2n) is 7.29. The highest BCUT2D eigenvalue weighted by Crippen LogP contribution is 2.45. The summed E-state index contributed by atoms with van der Waals surface area (Å²) in [6.45, 7) is -0.461. The van der Waals surface area contributed by atoms with Gasteiger partial charge in [0.2, 0.25) is 0 Å². The van der Waals surface area contributed by atoms with Gasteiger partial charge in [-0.1, -0.05) is 66.2 Å².